The summed E-state index contributed by atoms with van der Waals surface area (Å²) in [4.78, 5) is 24.1. The van der Waals surface area contributed by atoms with Gasteiger partial charge < -0.3 is 9.47 Å². The first-order chi connectivity index (χ1) is 11.0. The first kappa shape index (κ1) is 17.0. The number of rotatable bonds is 6. The van der Waals surface area contributed by atoms with Gasteiger partial charge in [0.05, 0.1) is 12.2 Å². The third kappa shape index (κ3) is 4.33. The van der Waals surface area contributed by atoms with Crippen LogP contribution in [0.3, 0.4) is 0 Å². The number of carbonyl (C=O) groups excluding carboxylic acids is 2. The van der Waals surface area contributed by atoms with Crippen molar-refractivity contribution in [1.29, 1.82) is 0 Å². The maximum atomic E-state index is 12.5. The fraction of sp³-hybridized carbons (Fsp3) is 0.222. The number of carbonyl (C=O) groups is 2. The Kier molecular flexibility index (Phi) is 5.77. The van der Waals surface area contributed by atoms with Crippen LogP contribution in [-0.4, -0.2) is 18.4 Å². The van der Waals surface area contributed by atoms with E-state index in [0.717, 1.165) is 6.42 Å². The van der Waals surface area contributed by atoms with Crippen LogP contribution in [0.25, 0.3) is 0 Å². The number of hydrogen-bond acceptors (Lipinski definition) is 4. The van der Waals surface area contributed by atoms with E-state index in [1.165, 1.54) is 13.0 Å². The molecule has 4 nitrogen and oxygen atoms in total. The second-order valence-corrected chi connectivity index (χ2v) is 5.37. The summed E-state index contributed by atoms with van der Waals surface area (Å²) in [7, 11) is 0. The van der Waals surface area contributed by atoms with Crippen molar-refractivity contribution < 1.29 is 19.1 Å². The number of hydrogen-bond donors (Lipinski definition) is 0. The molecule has 2 rings (SSSR count). The standard InChI is InChI=1S/C18H17ClO4/c1-3-10-22-16-9-8-13(19)11-15(16)18(21)23-17-7-5-4-6-14(17)12(2)20/h4-9,11H,3,10H2,1-2H3. The summed E-state index contributed by atoms with van der Waals surface area (Å²) in [5.74, 6) is -0.178. The fourth-order valence-electron chi connectivity index (χ4n) is 2.00. The van der Waals surface area contributed by atoms with Gasteiger partial charge in [0, 0.05) is 5.02 Å². The minimum Gasteiger partial charge on any atom is -0.493 e. The molecule has 2 aromatic carbocycles. The van der Waals surface area contributed by atoms with E-state index in [4.69, 9.17) is 21.1 Å². The molecule has 0 bridgehead atoms. The summed E-state index contributed by atoms with van der Waals surface area (Å²) in [6.07, 6.45) is 0.810. The van der Waals surface area contributed by atoms with E-state index in [0.29, 0.717) is 22.9 Å². The second kappa shape index (κ2) is 7.79. The van der Waals surface area contributed by atoms with E-state index in [9.17, 15) is 9.59 Å². The van der Waals surface area contributed by atoms with Gasteiger partial charge in [-0.1, -0.05) is 30.7 Å². The Hall–Kier alpha value is -2.33. The van der Waals surface area contributed by atoms with Gasteiger partial charge in [0.15, 0.2) is 5.78 Å². The van der Waals surface area contributed by atoms with Crippen molar-refractivity contribution in [2.45, 2.75) is 20.3 Å². The summed E-state index contributed by atoms with van der Waals surface area (Å²) in [5.41, 5.74) is 0.572. The van der Waals surface area contributed by atoms with Crippen LogP contribution in [0.5, 0.6) is 11.5 Å². The quantitative estimate of drug-likeness (QED) is 0.442. The van der Waals surface area contributed by atoms with E-state index in [1.807, 2.05) is 6.92 Å². The summed E-state index contributed by atoms with van der Waals surface area (Å²) < 4.78 is 10.9. The average molecular weight is 333 g/mol. The minimum absolute atomic E-state index is 0.179. The molecule has 0 saturated carbocycles. The minimum atomic E-state index is -0.618. The molecule has 0 aliphatic heterocycles. The van der Waals surface area contributed by atoms with Gasteiger partial charge in [0.1, 0.15) is 17.1 Å². The normalized spacial score (nSPS) is 10.2. The first-order valence-electron chi connectivity index (χ1n) is 7.27. The van der Waals surface area contributed by atoms with Crippen LogP contribution < -0.4 is 9.47 Å². The molecule has 0 fully saturated rings. The van der Waals surface area contributed by atoms with E-state index >= 15 is 0 Å². The molecular weight excluding hydrogens is 316 g/mol. The van der Waals surface area contributed by atoms with Crippen LogP contribution in [0.15, 0.2) is 42.5 Å². The molecule has 120 valence electrons. The van der Waals surface area contributed by atoms with Crippen molar-refractivity contribution in [3.63, 3.8) is 0 Å². The molecule has 0 heterocycles. The number of esters is 1. The van der Waals surface area contributed by atoms with Crippen LogP contribution in [0.1, 0.15) is 41.0 Å². The highest BCUT2D eigenvalue weighted by Crippen LogP contribution is 2.26. The lowest BCUT2D eigenvalue weighted by atomic mass is 10.1. The predicted molar refractivity (Wildman–Crippen MR) is 88.6 cm³/mol. The smallest absolute Gasteiger partial charge is 0.347 e. The number of ketones is 1. The predicted octanol–water partition coefficient (Wildman–Crippen LogP) is 4.55. The maximum absolute atomic E-state index is 12.5. The zero-order chi connectivity index (χ0) is 16.8. The average Bonchev–Trinajstić information content (AvgIpc) is 2.54. The van der Waals surface area contributed by atoms with E-state index in [-0.39, 0.29) is 17.1 Å². The van der Waals surface area contributed by atoms with Gasteiger partial charge in [-0.2, -0.15) is 0 Å². The van der Waals surface area contributed by atoms with Crippen molar-refractivity contribution in [3.8, 4) is 11.5 Å². The Morgan fingerprint density at radius 2 is 1.78 bits per heavy atom. The van der Waals surface area contributed by atoms with Gasteiger partial charge in [0.2, 0.25) is 0 Å². The van der Waals surface area contributed by atoms with Crippen LogP contribution in [-0.2, 0) is 0 Å². The largest absolute Gasteiger partial charge is 0.493 e. The van der Waals surface area contributed by atoms with Crippen LogP contribution in [0, 0.1) is 0 Å². The number of halogens is 1. The van der Waals surface area contributed by atoms with E-state index in [2.05, 4.69) is 0 Å². The lowest BCUT2D eigenvalue weighted by molar-refractivity contribution is 0.0728. The van der Waals surface area contributed by atoms with Crippen molar-refractivity contribution >= 4 is 23.4 Å². The summed E-state index contributed by atoms with van der Waals surface area (Å²) in [6.45, 7) is 3.87. The maximum Gasteiger partial charge on any atom is 0.347 e. The van der Waals surface area contributed by atoms with Crippen molar-refractivity contribution in [2.24, 2.45) is 0 Å². The zero-order valence-corrected chi connectivity index (χ0v) is 13.7. The lowest BCUT2D eigenvalue weighted by Crippen LogP contribution is -2.13. The zero-order valence-electron chi connectivity index (χ0n) is 13.0. The molecule has 0 amide bonds. The van der Waals surface area contributed by atoms with Crippen molar-refractivity contribution in [1.82, 2.24) is 0 Å². The van der Waals surface area contributed by atoms with E-state index < -0.39 is 5.97 Å². The second-order valence-electron chi connectivity index (χ2n) is 4.93. The topological polar surface area (TPSA) is 52.6 Å². The molecule has 0 atom stereocenters. The summed E-state index contributed by atoms with van der Waals surface area (Å²) in [6, 6.07) is 11.4. The van der Waals surface area contributed by atoms with Gasteiger partial charge in [-0.05, 0) is 43.7 Å². The van der Waals surface area contributed by atoms with Gasteiger partial charge in [-0.15, -0.1) is 0 Å². The summed E-state index contributed by atoms with van der Waals surface area (Å²) in [5, 5.41) is 0.403. The van der Waals surface area contributed by atoms with E-state index in [1.54, 1.807) is 36.4 Å². The van der Waals surface area contributed by atoms with Crippen molar-refractivity contribution in [3.05, 3.63) is 58.6 Å². The molecule has 0 aliphatic rings. The third-order valence-electron chi connectivity index (χ3n) is 3.09. The van der Waals surface area contributed by atoms with Crippen molar-refractivity contribution in [2.75, 3.05) is 6.61 Å². The molecule has 0 N–H and O–H groups in total. The molecule has 0 aliphatic carbocycles. The molecule has 5 heteroatoms. The molecule has 0 aromatic heterocycles. The Morgan fingerprint density at radius 1 is 1.04 bits per heavy atom. The molecule has 0 unspecified atom stereocenters. The molecular formula is C18H17ClO4. The van der Waals surface area contributed by atoms with Crippen LogP contribution in [0.4, 0.5) is 0 Å². The number of ether oxygens (including phenoxy) is 2. The molecule has 2 aromatic rings. The SMILES string of the molecule is CCCOc1ccc(Cl)cc1C(=O)Oc1ccccc1C(C)=O. The molecule has 0 saturated heterocycles. The number of benzene rings is 2. The molecule has 0 radical (unpaired) electrons. The number of Topliss-reactive ketones (excluding diaryl/α,β-unsaturated/α-hetero) is 1. The fourth-order valence-corrected chi connectivity index (χ4v) is 2.17. The highest BCUT2D eigenvalue weighted by Gasteiger charge is 2.18. The first-order valence-corrected chi connectivity index (χ1v) is 7.65. The Bertz CT molecular complexity index is 725. The van der Waals surface area contributed by atoms with Gasteiger partial charge >= 0.3 is 5.97 Å². The highest BCUT2D eigenvalue weighted by atomic mass is 35.5. The van der Waals surface area contributed by atoms with Gasteiger partial charge in [0.25, 0.3) is 0 Å². The highest BCUT2D eigenvalue weighted by molar-refractivity contribution is 6.31. The van der Waals surface area contributed by atoms with Gasteiger partial charge in [-0.3, -0.25) is 4.79 Å². The molecule has 23 heavy (non-hydrogen) atoms. The Labute approximate surface area is 140 Å². The monoisotopic (exact) mass is 332 g/mol. The Morgan fingerprint density at radius 3 is 2.48 bits per heavy atom. The van der Waals surface area contributed by atoms with Gasteiger partial charge in [-0.25, -0.2) is 4.79 Å². The van der Waals surface area contributed by atoms with Crippen LogP contribution in [0.2, 0.25) is 5.02 Å². The third-order valence-corrected chi connectivity index (χ3v) is 3.33. The lowest BCUT2D eigenvalue weighted by Gasteiger charge is -2.12. The van der Waals surface area contributed by atoms with Crippen LogP contribution >= 0.6 is 11.6 Å². The number of para-hydroxylation sites is 1. The Balaban J connectivity index is 2.31. The molecule has 0 spiro atoms. The summed E-state index contributed by atoms with van der Waals surface area (Å²) >= 11 is 5.96.